The van der Waals surface area contributed by atoms with Gasteiger partial charge >= 0.3 is 5.97 Å². The van der Waals surface area contributed by atoms with Gasteiger partial charge in [0.1, 0.15) is 0 Å². The summed E-state index contributed by atoms with van der Waals surface area (Å²) in [6.45, 7) is -2.05. The largest absolute Gasteiger partial charge is 0.478 e. The van der Waals surface area contributed by atoms with Crippen LogP contribution in [0.5, 0.6) is 0 Å². The molecule has 5 aromatic rings. The van der Waals surface area contributed by atoms with E-state index in [1.165, 1.54) is 12.1 Å². The van der Waals surface area contributed by atoms with E-state index >= 15 is 0 Å². The highest BCUT2D eigenvalue weighted by atomic mass is 32.2. The van der Waals surface area contributed by atoms with Crippen molar-refractivity contribution in [3.63, 3.8) is 0 Å². The lowest BCUT2D eigenvalue weighted by Crippen LogP contribution is -2.27. The Morgan fingerprint density at radius 2 is 0.627 bits per heavy atom. The van der Waals surface area contributed by atoms with E-state index in [1.54, 1.807) is 12.1 Å². The van der Waals surface area contributed by atoms with E-state index < -0.39 is 126 Å². The number of hydrogen-bond acceptors (Lipinski definition) is 14. The molecule has 5 rings (SSSR count). The van der Waals surface area contributed by atoms with Gasteiger partial charge in [-0.2, -0.15) is 33.7 Å². The van der Waals surface area contributed by atoms with Crippen molar-refractivity contribution < 1.29 is 81.0 Å². The molecule has 27 heteroatoms. The highest BCUT2D eigenvalue weighted by molar-refractivity contribution is 7.86. The van der Waals surface area contributed by atoms with E-state index in [4.69, 9.17) is 10.8 Å². The Kier molecular flexibility index (Phi) is 15.5. The van der Waals surface area contributed by atoms with Gasteiger partial charge in [-0.25, -0.2) is 4.79 Å². The van der Waals surface area contributed by atoms with Crippen LogP contribution in [0.2, 0.25) is 0 Å². The van der Waals surface area contributed by atoms with Crippen LogP contribution in [0.4, 0.5) is 0 Å². The zero-order valence-corrected chi connectivity index (χ0v) is 37.3. The monoisotopic (exact) mass is 1000 g/mol. The molecule has 0 bridgehead atoms. The highest BCUT2D eigenvalue weighted by Gasteiger charge is 2.25. The molecule has 0 aliphatic rings. The summed E-state index contributed by atoms with van der Waals surface area (Å²) >= 11 is 0. The summed E-state index contributed by atoms with van der Waals surface area (Å²) < 4.78 is 137. The van der Waals surface area contributed by atoms with Gasteiger partial charge in [0.05, 0.1) is 25.1 Å². The molecule has 0 saturated heterocycles. The van der Waals surface area contributed by atoms with Crippen molar-refractivity contribution >= 4 is 70.1 Å². The van der Waals surface area contributed by atoms with Crippen molar-refractivity contribution in [1.29, 1.82) is 0 Å². The van der Waals surface area contributed by atoms with Gasteiger partial charge < -0.3 is 32.1 Å². The van der Waals surface area contributed by atoms with Crippen LogP contribution in [0, 0.1) is 0 Å². The van der Waals surface area contributed by atoms with Gasteiger partial charge in [-0.3, -0.25) is 37.4 Å². The first kappa shape index (κ1) is 51.0. The van der Waals surface area contributed by atoms with Crippen LogP contribution in [0.1, 0.15) is 79.6 Å². The lowest BCUT2D eigenvalue weighted by Gasteiger charge is -2.14. The van der Waals surface area contributed by atoms with Crippen LogP contribution < -0.4 is 27.0 Å². The number of amides is 4. The quantitative estimate of drug-likeness (QED) is 0.0557. The molecule has 0 fully saturated rings. The molecule has 354 valence electrons. The summed E-state index contributed by atoms with van der Waals surface area (Å²) in [6.07, 6.45) is 0. The maximum atomic E-state index is 13.2. The minimum atomic E-state index is -5.11. The maximum Gasteiger partial charge on any atom is 0.335 e. The fourth-order valence-corrected chi connectivity index (χ4v) is 9.21. The molecular weight excluding hydrogens is 967 g/mol. The average Bonchev–Trinajstić information content (AvgIpc) is 3.26. The van der Waals surface area contributed by atoms with Gasteiger partial charge in [0.15, 0.2) is 0 Å². The molecule has 67 heavy (non-hydrogen) atoms. The molecule has 0 saturated carbocycles. The summed E-state index contributed by atoms with van der Waals surface area (Å²) in [5.41, 5.74) is 4.02. The fourth-order valence-electron chi connectivity index (χ4n) is 6.22. The van der Waals surface area contributed by atoms with Crippen molar-refractivity contribution in [3.8, 4) is 0 Å². The third-order valence-corrected chi connectivity index (χ3v) is 13.4. The number of carbonyl (C=O) groups is 5. The standard InChI is InChI=1S/C40H37N5O18S4/c41-17-22-1-3-23(4-2-22)36(46)42-18-28-9-5-24(13-32(28)64(52,53)54)37(47)43-19-29-10-6-25(14-33(29)65(55,56)57)38(48)44-20-30-11-7-26(15-34(30)66(58,59)60)39(49)45-21-31-12-8-27(40(50)51)16-35(31)67(61,62)63/h1-16H,17-21,41H2,(H,42,46)(H,43,47)(H,44,48)(H,45,49)(H,50,51)(H,52,53,54)(H,55,56,57)(H,58,59,60)(H,61,62,63). The van der Waals surface area contributed by atoms with Gasteiger partial charge in [0, 0.05) is 55.0 Å². The minimum absolute atomic E-state index is 0.0934. The number of carboxylic acids is 1. The lowest BCUT2D eigenvalue weighted by molar-refractivity contribution is 0.0695. The minimum Gasteiger partial charge on any atom is -0.478 e. The van der Waals surface area contributed by atoms with Gasteiger partial charge in [0.2, 0.25) is 0 Å². The molecule has 0 atom stereocenters. The number of hydrogen-bond donors (Lipinski definition) is 10. The number of nitrogens with one attached hydrogen (secondary N) is 4. The predicted octanol–water partition coefficient (Wildman–Crippen LogP) is 1.55. The molecule has 0 aliphatic heterocycles. The molecule has 0 heterocycles. The summed E-state index contributed by atoms with van der Waals surface area (Å²) in [6, 6.07) is 17.7. The summed E-state index contributed by atoms with van der Waals surface area (Å²) in [7, 11) is -20.1. The zero-order chi connectivity index (χ0) is 49.6. The van der Waals surface area contributed by atoms with E-state index in [2.05, 4.69) is 21.3 Å². The highest BCUT2D eigenvalue weighted by Crippen LogP contribution is 2.23. The smallest absolute Gasteiger partial charge is 0.335 e. The SMILES string of the molecule is NCc1ccc(C(=O)NCc2ccc(C(=O)NCc3ccc(C(=O)NCc4ccc(C(=O)NCc5ccc(C(=O)O)cc5S(=O)(=O)O)cc4S(=O)(=O)O)cc3S(=O)(=O)O)cc2S(=O)(=O)O)cc1. The normalized spacial score (nSPS) is 11.9. The fraction of sp³-hybridized carbons (Fsp3) is 0.125. The second-order valence-corrected chi connectivity index (χ2v) is 19.7. The van der Waals surface area contributed by atoms with Gasteiger partial charge in [-0.15, -0.1) is 0 Å². The third kappa shape index (κ3) is 13.1. The Bertz CT molecular complexity index is 3290. The molecular formula is C40H37N5O18S4. The topological polar surface area (TPSA) is 397 Å². The van der Waals surface area contributed by atoms with E-state index in [-0.39, 0.29) is 46.5 Å². The Balaban J connectivity index is 1.27. The van der Waals surface area contributed by atoms with Crippen LogP contribution in [-0.2, 0) is 73.2 Å². The Hall–Kier alpha value is -6.95. The third-order valence-electron chi connectivity index (χ3n) is 9.62. The van der Waals surface area contributed by atoms with Crippen molar-refractivity contribution in [2.45, 2.75) is 52.3 Å². The van der Waals surface area contributed by atoms with Crippen LogP contribution in [0.25, 0.3) is 0 Å². The second-order valence-electron chi connectivity index (χ2n) is 14.1. The number of benzene rings is 5. The summed E-state index contributed by atoms with van der Waals surface area (Å²) in [4.78, 5) is 59.8. The summed E-state index contributed by atoms with van der Waals surface area (Å²) in [5.74, 6) is -5.15. The molecule has 23 nitrogen and oxygen atoms in total. The van der Waals surface area contributed by atoms with Crippen LogP contribution >= 0.6 is 0 Å². The van der Waals surface area contributed by atoms with Crippen LogP contribution in [0.3, 0.4) is 0 Å². The van der Waals surface area contributed by atoms with Gasteiger partial charge in [0.25, 0.3) is 64.1 Å². The first-order valence-electron chi connectivity index (χ1n) is 18.7. The van der Waals surface area contributed by atoms with Crippen LogP contribution in [-0.4, -0.2) is 86.6 Å². The first-order chi connectivity index (χ1) is 31.2. The van der Waals surface area contributed by atoms with E-state index in [1.807, 2.05) is 0 Å². The zero-order valence-electron chi connectivity index (χ0n) is 34.0. The van der Waals surface area contributed by atoms with Gasteiger partial charge in [-0.05, 0) is 88.5 Å². The van der Waals surface area contributed by atoms with Crippen molar-refractivity contribution in [3.05, 3.63) is 153 Å². The average molecular weight is 1000 g/mol. The van der Waals surface area contributed by atoms with Gasteiger partial charge in [-0.1, -0.05) is 36.4 Å². The Morgan fingerprint density at radius 3 is 0.881 bits per heavy atom. The number of aromatic carboxylic acids is 1. The Labute approximate surface area is 381 Å². The predicted molar refractivity (Wildman–Crippen MR) is 231 cm³/mol. The molecule has 0 aromatic heterocycles. The number of carbonyl (C=O) groups excluding carboxylic acids is 4. The van der Waals surface area contributed by atoms with E-state index in [0.717, 1.165) is 66.2 Å². The summed E-state index contributed by atoms with van der Waals surface area (Å²) in [5, 5.41) is 18.6. The molecule has 4 amide bonds. The maximum absolute atomic E-state index is 13.2. The van der Waals surface area contributed by atoms with Crippen molar-refractivity contribution in [1.82, 2.24) is 21.3 Å². The van der Waals surface area contributed by atoms with Crippen molar-refractivity contribution in [2.75, 3.05) is 0 Å². The number of rotatable bonds is 18. The second kappa shape index (κ2) is 20.3. The molecule has 0 aliphatic carbocycles. The first-order valence-corrected chi connectivity index (χ1v) is 24.5. The number of nitrogens with two attached hydrogens (primary N) is 1. The lowest BCUT2D eigenvalue weighted by atomic mass is 10.1. The van der Waals surface area contributed by atoms with Crippen molar-refractivity contribution in [2.24, 2.45) is 5.73 Å². The molecule has 0 radical (unpaired) electrons. The molecule has 11 N–H and O–H groups in total. The molecule has 0 unspecified atom stereocenters. The number of carboxylic acid groups (broad SMARTS) is 1. The molecule has 5 aromatic carbocycles. The van der Waals surface area contributed by atoms with Crippen LogP contribution in [0.15, 0.2) is 117 Å². The van der Waals surface area contributed by atoms with E-state index in [0.29, 0.717) is 12.1 Å². The molecule has 0 spiro atoms. The Morgan fingerprint density at radius 1 is 0.388 bits per heavy atom. The van der Waals surface area contributed by atoms with E-state index in [9.17, 15) is 75.9 Å².